The summed E-state index contributed by atoms with van der Waals surface area (Å²) in [5.41, 5.74) is 0.758. The molecule has 1 aliphatic rings. The molecular formula is C18H24ClFN2O2S. The number of ether oxygens (including phenoxy) is 1. The molecule has 1 amide bonds. The molecule has 2 aromatic rings. The molecule has 1 fully saturated rings. The number of fused-ring (bicyclic) bond motifs is 1. The average Bonchev–Trinajstić information content (AvgIpc) is 2.94. The number of benzene rings is 1. The van der Waals surface area contributed by atoms with Gasteiger partial charge < -0.3 is 15.4 Å². The van der Waals surface area contributed by atoms with Crippen molar-refractivity contribution in [2.45, 2.75) is 26.4 Å². The van der Waals surface area contributed by atoms with Crippen LogP contribution in [0.15, 0.2) is 18.2 Å². The van der Waals surface area contributed by atoms with Crippen LogP contribution in [0.2, 0.25) is 0 Å². The van der Waals surface area contributed by atoms with Gasteiger partial charge in [0, 0.05) is 29.3 Å². The van der Waals surface area contributed by atoms with Crippen LogP contribution >= 0.6 is 23.7 Å². The molecule has 4 nitrogen and oxygen atoms in total. The van der Waals surface area contributed by atoms with E-state index in [1.54, 1.807) is 13.2 Å². The van der Waals surface area contributed by atoms with Gasteiger partial charge in [-0.25, -0.2) is 4.39 Å². The van der Waals surface area contributed by atoms with E-state index >= 15 is 0 Å². The van der Waals surface area contributed by atoms with Gasteiger partial charge in [-0.3, -0.25) is 4.79 Å². The molecule has 1 saturated heterocycles. The highest BCUT2D eigenvalue weighted by molar-refractivity contribution is 7.21. The Morgan fingerprint density at radius 3 is 2.80 bits per heavy atom. The maximum atomic E-state index is 14.2. The number of methoxy groups -OCH3 is 1. The summed E-state index contributed by atoms with van der Waals surface area (Å²) in [6, 6.07) is 4.93. The Morgan fingerprint density at radius 2 is 2.12 bits per heavy atom. The average molecular weight is 387 g/mol. The number of nitrogens with one attached hydrogen (secondary N) is 2. The van der Waals surface area contributed by atoms with Gasteiger partial charge in [0.1, 0.15) is 5.82 Å². The number of thiophene rings is 1. The number of rotatable bonds is 5. The summed E-state index contributed by atoms with van der Waals surface area (Å²) in [6.45, 7) is 5.03. The number of hydrogen-bond donors (Lipinski definition) is 2. The van der Waals surface area contributed by atoms with Crippen LogP contribution in [0.1, 0.15) is 35.0 Å². The second-order valence-corrected chi connectivity index (χ2v) is 7.75. The number of halogens is 2. The Morgan fingerprint density at radius 1 is 1.40 bits per heavy atom. The van der Waals surface area contributed by atoms with E-state index in [2.05, 4.69) is 17.6 Å². The molecule has 0 saturated carbocycles. The van der Waals surface area contributed by atoms with Crippen molar-refractivity contribution in [1.82, 2.24) is 10.6 Å². The van der Waals surface area contributed by atoms with E-state index in [1.165, 1.54) is 17.4 Å². The van der Waals surface area contributed by atoms with E-state index in [4.69, 9.17) is 4.74 Å². The first kappa shape index (κ1) is 20.1. The van der Waals surface area contributed by atoms with Gasteiger partial charge in [0.15, 0.2) is 0 Å². The molecule has 1 aromatic heterocycles. The number of piperidine rings is 1. The van der Waals surface area contributed by atoms with Crippen molar-refractivity contribution in [1.29, 1.82) is 0 Å². The molecule has 0 radical (unpaired) electrons. The lowest BCUT2D eigenvalue weighted by molar-refractivity contribution is 0.0922. The normalized spacial score (nSPS) is 16.4. The summed E-state index contributed by atoms with van der Waals surface area (Å²) in [7, 11) is 1.56. The molecular weight excluding hydrogens is 363 g/mol. The van der Waals surface area contributed by atoms with E-state index in [-0.39, 0.29) is 36.2 Å². The zero-order chi connectivity index (χ0) is 17.2. The lowest BCUT2D eigenvalue weighted by Gasteiger charge is -2.34. The van der Waals surface area contributed by atoms with Gasteiger partial charge in [-0.15, -0.1) is 23.7 Å². The minimum Gasteiger partial charge on any atom is -0.380 e. The molecule has 2 heterocycles. The minimum absolute atomic E-state index is 0. The summed E-state index contributed by atoms with van der Waals surface area (Å²) >= 11 is 1.33. The molecule has 25 heavy (non-hydrogen) atoms. The van der Waals surface area contributed by atoms with E-state index in [1.807, 2.05) is 6.07 Å². The molecule has 0 spiro atoms. The van der Waals surface area contributed by atoms with Crippen LogP contribution in [0.5, 0.6) is 0 Å². The highest BCUT2D eigenvalue weighted by atomic mass is 35.5. The third-order valence-corrected chi connectivity index (χ3v) is 5.94. The zero-order valence-electron chi connectivity index (χ0n) is 14.5. The molecule has 1 aliphatic heterocycles. The Bertz CT molecular complexity index is 744. The maximum Gasteiger partial charge on any atom is 0.261 e. The summed E-state index contributed by atoms with van der Waals surface area (Å²) in [4.78, 5) is 13.3. The molecule has 0 bridgehead atoms. The fourth-order valence-corrected chi connectivity index (χ4v) is 4.35. The molecule has 138 valence electrons. The number of carbonyl (C=O) groups excluding carboxylic acids is 1. The van der Waals surface area contributed by atoms with Gasteiger partial charge in [-0.2, -0.15) is 0 Å². The number of amides is 1. The molecule has 0 aliphatic carbocycles. The summed E-state index contributed by atoms with van der Waals surface area (Å²) in [6.07, 6.45) is 2.08. The van der Waals surface area contributed by atoms with Crippen molar-refractivity contribution >= 4 is 39.7 Å². The Kier molecular flexibility index (Phi) is 6.79. The Labute approximate surface area is 157 Å². The first-order valence-electron chi connectivity index (χ1n) is 8.22. The molecule has 0 atom stereocenters. The largest absolute Gasteiger partial charge is 0.380 e. The lowest BCUT2D eigenvalue weighted by atomic mass is 9.81. The van der Waals surface area contributed by atoms with Gasteiger partial charge in [0.25, 0.3) is 5.91 Å². The highest BCUT2D eigenvalue weighted by Crippen LogP contribution is 2.34. The fraction of sp³-hybridized carbons (Fsp3) is 0.500. The monoisotopic (exact) mass is 386 g/mol. The van der Waals surface area contributed by atoms with Crippen molar-refractivity contribution in [2.24, 2.45) is 5.41 Å². The van der Waals surface area contributed by atoms with E-state index in [0.29, 0.717) is 22.4 Å². The first-order chi connectivity index (χ1) is 11.5. The topological polar surface area (TPSA) is 50.4 Å². The van der Waals surface area contributed by atoms with Crippen molar-refractivity contribution in [3.63, 3.8) is 0 Å². The van der Waals surface area contributed by atoms with E-state index in [0.717, 1.165) is 30.6 Å². The third-order valence-electron chi connectivity index (χ3n) is 4.74. The van der Waals surface area contributed by atoms with Gasteiger partial charge >= 0.3 is 0 Å². The van der Waals surface area contributed by atoms with Crippen molar-refractivity contribution in [3.05, 3.63) is 34.5 Å². The van der Waals surface area contributed by atoms with Crippen LogP contribution in [-0.4, -0.2) is 32.7 Å². The quantitative estimate of drug-likeness (QED) is 0.823. The minimum atomic E-state index is -0.305. The van der Waals surface area contributed by atoms with Gasteiger partial charge in [0.05, 0.1) is 11.5 Å². The molecule has 2 N–H and O–H groups in total. The van der Waals surface area contributed by atoms with Crippen LogP contribution in [-0.2, 0) is 11.3 Å². The first-order valence-corrected chi connectivity index (χ1v) is 9.03. The summed E-state index contributed by atoms with van der Waals surface area (Å²) < 4.78 is 20.2. The van der Waals surface area contributed by atoms with Crippen LogP contribution in [0, 0.1) is 11.2 Å². The molecule has 7 heteroatoms. The Balaban J connectivity index is 0.00000225. The SMILES string of the molecule is COCc1c(C(=O)NCC2(C)CCNCC2)sc2cccc(F)c12.Cl. The van der Waals surface area contributed by atoms with Gasteiger partial charge in [0.2, 0.25) is 0 Å². The predicted molar refractivity (Wildman–Crippen MR) is 102 cm³/mol. The molecule has 1 aromatic carbocycles. The number of carbonyl (C=O) groups is 1. The fourth-order valence-electron chi connectivity index (χ4n) is 3.21. The smallest absolute Gasteiger partial charge is 0.261 e. The second-order valence-electron chi connectivity index (χ2n) is 6.70. The van der Waals surface area contributed by atoms with Crippen molar-refractivity contribution in [2.75, 3.05) is 26.7 Å². The number of hydrogen-bond acceptors (Lipinski definition) is 4. The summed E-state index contributed by atoms with van der Waals surface area (Å²) in [5, 5.41) is 6.90. The second kappa shape index (κ2) is 8.45. The van der Waals surface area contributed by atoms with Crippen molar-refractivity contribution < 1.29 is 13.9 Å². The highest BCUT2D eigenvalue weighted by Gasteiger charge is 2.28. The summed E-state index contributed by atoms with van der Waals surface area (Å²) in [5.74, 6) is -0.442. The lowest BCUT2D eigenvalue weighted by Crippen LogP contribution is -2.42. The molecule has 0 unspecified atom stereocenters. The van der Waals surface area contributed by atoms with Crippen LogP contribution in [0.25, 0.3) is 10.1 Å². The third kappa shape index (κ3) is 4.31. The van der Waals surface area contributed by atoms with Crippen LogP contribution in [0.4, 0.5) is 4.39 Å². The van der Waals surface area contributed by atoms with Gasteiger partial charge in [-0.05, 0) is 43.5 Å². The Hall–Kier alpha value is -1.21. The maximum absolute atomic E-state index is 14.2. The van der Waals surface area contributed by atoms with E-state index < -0.39 is 0 Å². The van der Waals surface area contributed by atoms with Crippen molar-refractivity contribution in [3.8, 4) is 0 Å². The zero-order valence-corrected chi connectivity index (χ0v) is 16.1. The van der Waals surface area contributed by atoms with Crippen LogP contribution in [0.3, 0.4) is 0 Å². The predicted octanol–water partition coefficient (Wildman–Crippen LogP) is 3.73. The molecule has 3 rings (SSSR count). The van der Waals surface area contributed by atoms with Gasteiger partial charge in [-0.1, -0.05) is 13.0 Å². The van der Waals surface area contributed by atoms with E-state index in [9.17, 15) is 9.18 Å². The standard InChI is InChI=1S/C18H23FN2O2S.ClH/c1-18(6-8-20-9-7-18)11-21-17(22)16-12(10-23-2)15-13(19)4-3-5-14(15)24-16;/h3-5,20H,6-11H2,1-2H3,(H,21,22);1H. The van der Waals surface area contributed by atoms with Crippen LogP contribution < -0.4 is 10.6 Å².